The maximum atomic E-state index is 15.0. The lowest BCUT2D eigenvalue weighted by Gasteiger charge is -2.37. The number of aliphatic hydroxyl groups is 1. The van der Waals surface area contributed by atoms with Crippen molar-refractivity contribution >= 4 is 42.6 Å². The van der Waals surface area contributed by atoms with E-state index < -0.39 is 13.7 Å². The van der Waals surface area contributed by atoms with E-state index in [1.54, 1.807) is 24.0 Å². The molecule has 2 aliphatic heterocycles. The molecule has 2 aliphatic rings. The highest BCUT2D eigenvalue weighted by Gasteiger charge is 2.66. The minimum absolute atomic E-state index is 0.0290. The van der Waals surface area contributed by atoms with Gasteiger partial charge in [0.15, 0.2) is 5.60 Å². The normalized spacial score (nSPS) is 22.0. The fourth-order valence-corrected chi connectivity index (χ4v) is 11.9. The molecule has 4 aromatic carbocycles. The van der Waals surface area contributed by atoms with Crippen LogP contribution in [0.5, 0.6) is 11.5 Å². The quantitative estimate of drug-likeness (QED) is 0.155. The molecule has 1 N–H and O–H groups in total. The summed E-state index contributed by atoms with van der Waals surface area (Å²) in [4.78, 5) is 30.6. The number of amides is 2. The molecule has 1 saturated heterocycles. The molecule has 1 spiro atoms. The van der Waals surface area contributed by atoms with Crippen LogP contribution in [0.15, 0.2) is 97.1 Å². The third kappa shape index (κ3) is 5.52. The van der Waals surface area contributed by atoms with Gasteiger partial charge in [-0.3, -0.25) is 14.5 Å². The predicted molar refractivity (Wildman–Crippen MR) is 187 cm³/mol. The lowest BCUT2D eigenvalue weighted by molar-refractivity contribution is -0.146. The number of anilines is 3. The molecule has 2 amide bonds. The van der Waals surface area contributed by atoms with Crippen molar-refractivity contribution in [3.05, 3.63) is 108 Å². The highest BCUT2D eigenvalue weighted by molar-refractivity contribution is 6.91. The van der Waals surface area contributed by atoms with E-state index in [1.165, 1.54) is 5.19 Å². The van der Waals surface area contributed by atoms with Gasteiger partial charge in [-0.05, 0) is 72.1 Å². The van der Waals surface area contributed by atoms with Crippen LogP contribution in [0.25, 0.3) is 0 Å². The average Bonchev–Trinajstić information content (AvgIpc) is 3.52. The van der Waals surface area contributed by atoms with Crippen LogP contribution in [-0.4, -0.2) is 52.4 Å². The van der Waals surface area contributed by atoms with Gasteiger partial charge in [-0.25, -0.2) is 0 Å². The SMILES string of the molecule is COc1ccc([Si](C)(C)[C@@H]2[C@@H](CCO)O[C@]3(C(=O)N(Cc4cccc(N(C=O)c5ccccc5)c4)c4ccc(OC)cc43)[C@H]2C)cc1. The number of nitrogens with zero attached hydrogens (tertiary/aromatic N) is 2. The first kappa shape index (κ1) is 32.5. The Bertz CT molecular complexity index is 1750. The van der Waals surface area contributed by atoms with E-state index in [4.69, 9.17) is 14.2 Å². The van der Waals surface area contributed by atoms with Crippen LogP contribution in [0.4, 0.5) is 17.1 Å². The first-order valence-corrected chi connectivity index (χ1v) is 19.1. The molecule has 47 heavy (non-hydrogen) atoms. The molecule has 0 aliphatic carbocycles. The van der Waals surface area contributed by atoms with E-state index in [-0.39, 0.29) is 30.1 Å². The fourth-order valence-electron chi connectivity index (χ4n) is 7.82. The summed E-state index contributed by atoms with van der Waals surface area (Å²) in [5.74, 6) is 1.12. The van der Waals surface area contributed by atoms with Gasteiger partial charge in [-0.1, -0.05) is 67.7 Å². The van der Waals surface area contributed by atoms with Crippen LogP contribution >= 0.6 is 0 Å². The molecule has 0 radical (unpaired) electrons. The van der Waals surface area contributed by atoms with Crippen molar-refractivity contribution < 1.29 is 28.9 Å². The van der Waals surface area contributed by atoms with E-state index in [0.29, 0.717) is 24.4 Å². The molecule has 0 bridgehead atoms. The Morgan fingerprint density at radius 1 is 0.915 bits per heavy atom. The van der Waals surface area contributed by atoms with Gasteiger partial charge < -0.3 is 24.2 Å². The van der Waals surface area contributed by atoms with Crippen LogP contribution in [0.3, 0.4) is 0 Å². The Hall–Kier alpha value is -4.44. The molecule has 0 unspecified atom stereocenters. The number of fused-ring (bicyclic) bond motifs is 2. The molecule has 4 aromatic rings. The number of hydrogen-bond donors (Lipinski definition) is 1. The molecule has 4 atom stereocenters. The Morgan fingerprint density at radius 3 is 2.26 bits per heavy atom. The number of ether oxygens (including phenoxy) is 3. The third-order valence-electron chi connectivity index (χ3n) is 10.1. The summed E-state index contributed by atoms with van der Waals surface area (Å²) < 4.78 is 18.1. The smallest absolute Gasteiger partial charge is 0.264 e. The second kappa shape index (κ2) is 13.0. The second-order valence-corrected chi connectivity index (χ2v) is 17.6. The first-order valence-electron chi connectivity index (χ1n) is 16.0. The van der Waals surface area contributed by atoms with E-state index in [1.807, 2.05) is 84.9 Å². The standard InChI is InChI=1S/C38H42N2O6Si/c1-26-36(47(4,5)32-17-14-30(44-2)15-18-32)35(20-21-41)46-38(26)33-23-31(45-3)16-19-34(33)39(37(38)43)24-27-10-9-13-29(22-27)40(25-42)28-11-7-6-8-12-28/h6-19,22-23,25-26,35-36,41H,20-21,24H2,1-5H3/t26-,35+,36-,38+/m0/s1. The summed E-state index contributed by atoms with van der Waals surface area (Å²) in [7, 11) is 0.984. The summed E-state index contributed by atoms with van der Waals surface area (Å²) in [6.45, 7) is 7.03. The molecule has 0 aromatic heterocycles. The minimum atomic E-state index is -2.30. The largest absolute Gasteiger partial charge is 0.497 e. The topological polar surface area (TPSA) is 88.5 Å². The van der Waals surface area contributed by atoms with Crippen LogP contribution in [-0.2, 0) is 26.5 Å². The summed E-state index contributed by atoms with van der Waals surface area (Å²) in [6, 6.07) is 31.1. The number of para-hydroxylation sites is 1. The van der Waals surface area contributed by atoms with E-state index in [9.17, 15) is 14.7 Å². The predicted octanol–water partition coefficient (Wildman–Crippen LogP) is 6.14. The van der Waals surface area contributed by atoms with Crippen LogP contribution in [0.1, 0.15) is 24.5 Å². The van der Waals surface area contributed by atoms with Gasteiger partial charge in [0.2, 0.25) is 6.41 Å². The average molecular weight is 651 g/mol. The molecule has 6 rings (SSSR count). The van der Waals surface area contributed by atoms with Crippen LogP contribution < -0.4 is 24.5 Å². The molecule has 8 nitrogen and oxygen atoms in total. The number of benzene rings is 4. The van der Waals surface area contributed by atoms with E-state index >= 15 is 0 Å². The van der Waals surface area contributed by atoms with Gasteiger partial charge in [0.05, 0.1) is 40.6 Å². The van der Waals surface area contributed by atoms with Gasteiger partial charge in [0, 0.05) is 29.5 Å². The molecule has 9 heteroatoms. The van der Waals surface area contributed by atoms with Crippen molar-refractivity contribution in [2.24, 2.45) is 5.92 Å². The number of aliphatic hydroxyl groups excluding tert-OH is 1. The molecule has 0 saturated carbocycles. The lowest BCUT2D eigenvalue weighted by Crippen LogP contribution is -2.51. The molecular formula is C38H42N2O6Si. The Labute approximate surface area is 277 Å². The van der Waals surface area contributed by atoms with Gasteiger partial charge in [-0.2, -0.15) is 0 Å². The van der Waals surface area contributed by atoms with Gasteiger partial charge >= 0.3 is 0 Å². The van der Waals surface area contributed by atoms with E-state index in [0.717, 1.165) is 34.7 Å². The number of methoxy groups -OCH3 is 2. The second-order valence-electron chi connectivity index (χ2n) is 12.9. The molecule has 244 valence electrons. The van der Waals surface area contributed by atoms with Crippen molar-refractivity contribution in [1.29, 1.82) is 0 Å². The highest BCUT2D eigenvalue weighted by atomic mass is 28.3. The Balaban J connectivity index is 1.40. The zero-order valence-corrected chi connectivity index (χ0v) is 28.6. The number of carbonyl (C=O) groups excluding carboxylic acids is 2. The van der Waals surface area contributed by atoms with Gasteiger partial charge in [-0.15, -0.1) is 0 Å². The van der Waals surface area contributed by atoms with Crippen molar-refractivity contribution in [2.75, 3.05) is 30.6 Å². The van der Waals surface area contributed by atoms with Crippen molar-refractivity contribution in [3.8, 4) is 11.5 Å². The van der Waals surface area contributed by atoms with Crippen molar-refractivity contribution in [2.45, 2.75) is 50.2 Å². The summed E-state index contributed by atoms with van der Waals surface area (Å²) in [6.07, 6.45) is 0.909. The highest BCUT2D eigenvalue weighted by Crippen LogP contribution is 2.60. The Kier molecular flexibility index (Phi) is 8.98. The van der Waals surface area contributed by atoms with Gasteiger partial charge in [0.25, 0.3) is 5.91 Å². The zero-order valence-electron chi connectivity index (χ0n) is 27.6. The monoisotopic (exact) mass is 650 g/mol. The third-order valence-corrected chi connectivity index (χ3v) is 14.5. The maximum Gasteiger partial charge on any atom is 0.264 e. The fraction of sp³-hybridized carbons (Fsp3) is 0.316. The summed E-state index contributed by atoms with van der Waals surface area (Å²) in [5.41, 5.74) is 2.68. The molecule has 1 fully saturated rings. The number of rotatable bonds is 11. The molecule has 2 heterocycles. The first-order chi connectivity index (χ1) is 22.7. The zero-order chi connectivity index (χ0) is 33.3. The number of hydrogen-bond acceptors (Lipinski definition) is 6. The minimum Gasteiger partial charge on any atom is -0.497 e. The van der Waals surface area contributed by atoms with Crippen molar-refractivity contribution in [1.82, 2.24) is 0 Å². The maximum absolute atomic E-state index is 15.0. The van der Waals surface area contributed by atoms with Gasteiger partial charge in [0.1, 0.15) is 11.5 Å². The van der Waals surface area contributed by atoms with Crippen molar-refractivity contribution in [3.63, 3.8) is 0 Å². The van der Waals surface area contributed by atoms with E-state index in [2.05, 4.69) is 32.2 Å². The molecular weight excluding hydrogens is 609 g/mol. The summed E-state index contributed by atoms with van der Waals surface area (Å²) >= 11 is 0. The number of carbonyl (C=O) groups is 2. The summed E-state index contributed by atoms with van der Waals surface area (Å²) in [5, 5.41) is 11.4. The van der Waals surface area contributed by atoms with Crippen LogP contribution in [0, 0.1) is 5.92 Å². The van der Waals surface area contributed by atoms with Crippen LogP contribution in [0.2, 0.25) is 18.6 Å². The lowest BCUT2D eigenvalue weighted by atomic mass is 9.82. The Morgan fingerprint density at radius 2 is 1.60 bits per heavy atom.